The molecule has 2 aromatic heterocycles. The molecule has 0 atom stereocenters. The number of hydrogen-bond donors (Lipinski definition) is 1. The second-order valence-electron chi connectivity index (χ2n) is 3.61. The zero-order chi connectivity index (χ0) is 11.5. The molecule has 0 saturated carbocycles. The second-order valence-corrected chi connectivity index (χ2v) is 3.99. The van der Waals surface area contributed by atoms with Crippen LogP contribution in [0.15, 0.2) is 24.5 Å². The first-order valence-electron chi connectivity index (χ1n) is 4.90. The number of rotatable bonds is 3. The minimum atomic E-state index is 0.619. The summed E-state index contributed by atoms with van der Waals surface area (Å²) < 4.78 is 2.46. The van der Waals surface area contributed by atoms with Gasteiger partial charge in [0, 0.05) is 33.0 Å². The third kappa shape index (κ3) is 2.11. The van der Waals surface area contributed by atoms with Crippen LogP contribution in [-0.4, -0.2) is 26.8 Å². The van der Waals surface area contributed by atoms with Crippen LogP contribution in [0.25, 0.3) is 0 Å². The lowest BCUT2D eigenvalue weighted by Gasteiger charge is -2.16. The van der Waals surface area contributed by atoms with Gasteiger partial charge in [0.05, 0.1) is 0 Å². The molecule has 2 aromatic rings. The lowest BCUT2D eigenvalue weighted by atomic mass is 10.3. The predicted octanol–water partition coefficient (Wildman–Crippen LogP) is 1.51. The first-order valence-corrected chi connectivity index (χ1v) is 5.31. The zero-order valence-corrected chi connectivity index (χ0v) is 10.0. The van der Waals surface area contributed by atoms with E-state index in [-0.39, 0.29) is 0 Å². The second kappa shape index (κ2) is 4.44. The number of anilines is 1. The predicted molar refractivity (Wildman–Crippen MR) is 64.7 cm³/mol. The number of hydrogen-bond acceptors (Lipinski definition) is 4. The third-order valence-corrected chi connectivity index (χ3v) is 2.71. The van der Waals surface area contributed by atoms with Crippen molar-refractivity contribution in [3.05, 3.63) is 34.9 Å². The van der Waals surface area contributed by atoms with Gasteiger partial charge in [-0.2, -0.15) is 0 Å². The molecule has 5 nitrogen and oxygen atoms in total. The van der Waals surface area contributed by atoms with E-state index in [2.05, 4.69) is 15.2 Å². The molecule has 84 valence electrons. The van der Waals surface area contributed by atoms with Gasteiger partial charge in [0.15, 0.2) is 4.77 Å². The normalized spacial score (nSPS) is 10.4. The molecule has 2 heterocycles. The van der Waals surface area contributed by atoms with Gasteiger partial charge < -0.3 is 4.90 Å². The fraction of sp³-hybridized carbons (Fsp3) is 0.300. The van der Waals surface area contributed by atoms with Crippen LogP contribution < -0.4 is 4.90 Å². The summed E-state index contributed by atoms with van der Waals surface area (Å²) in [7, 11) is 3.86. The summed E-state index contributed by atoms with van der Waals surface area (Å²) in [4.78, 5) is 6.09. The van der Waals surface area contributed by atoms with E-state index >= 15 is 0 Å². The summed E-state index contributed by atoms with van der Waals surface area (Å²) in [5, 5.41) is 6.92. The van der Waals surface area contributed by atoms with Gasteiger partial charge in [-0.15, -0.1) is 5.10 Å². The van der Waals surface area contributed by atoms with E-state index in [4.69, 9.17) is 12.2 Å². The highest BCUT2D eigenvalue weighted by Crippen LogP contribution is 2.10. The van der Waals surface area contributed by atoms with Gasteiger partial charge >= 0.3 is 0 Å². The fourth-order valence-corrected chi connectivity index (χ4v) is 1.64. The van der Waals surface area contributed by atoms with Crippen LogP contribution in [0.3, 0.4) is 0 Å². The summed E-state index contributed by atoms with van der Waals surface area (Å²) in [5.74, 6) is 0.814. The van der Waals surface area contributed by atoms with Crippen molar-refractivity contribution in [1.82, 2.24) is 19.7 Å². The molecule has 0 unspecified atom stereocenters. The number of nitrogens with one attached hydrogen (secondary N) is 1. The van der Waals surface area contributed by atoms with Crippen LogP contribution in [0.2, 0.25) is 0 Å². The standard InChI is InChI=1S/C10H13N5S/c1-14(7-8-4-3-5-11-6-8)9-12-13-10(16)15(9)2/h3-6H,7H2,1-2H3,(H,13,16). The Morgan fingerprint density at radius 2 is 2.38 bits per heavy atom. The molecule has 0 aliphatic carbocycles. The Bertz CT molecular complexity index is 516. The van der Waals surface area contributed by atoms with E-state index < -0.39 is 0 Å². The number of aromatic nitrogens is 4. The minimum Gasteiger partial charge on any atom is -0.340 e. The highest BCUT2D eigenvalue weighted by Gasteiger charge is 2.08. The van der Waals surface area contributed by atoms with Gasteiger partial charge in [0.1, 0.15) is 0 Å². The van der Waals surface area contributed by atoms with Crippen molar-refractivity contribution in [2.75, 3.05) is 11.9 Å². The van der Waals surface area contributed by atoms with E-state index in [9.17, 15) is 0 Å². The Labute approximate surface area is 98.7 Å². The molecule has 0 saturated heterocycles. The quantitative estimate of drug-likeness (QED) is 0.819. The lowest BCUT2D eigenvalue weighted by molar-refractivity contribution is 0.798. The van der Waals surface area contributed by atoms with Crippen molar-refractivity contribution in [1.29, 1.82) is 0 Å². The maximum atomic E-state index is 5.06. The molecule has 0 aromatic carbocycles. The van der Waals surface area contributed by atoms with Crippen molar-refractivity contribution in [3.63, 3.8) is 0 Å². The molecular weight excluding hydrogens is 222 g/mol. The number of H-pyrrole nitrogens is 1. The van der Waals surface area contributed by atoms with Gasteiger partial charge in [0.25, 0.3) is 0 Å². The topological polar surface area (TPSA) is 49.7 Å². The van der Waals surface area contributed by atoms with E-state index in [1.807, 2.05) is 41.9 Å². The smallest absolute Gasteiger partial charge is 0.225 e. The Hall–Kier alpha value is -1.69. The molecule has 1 N–H and O–H groups in total. The van der Waals surface area contributed by atoms with Crippen LogP contribution in [0.5, 0.6) is 0 Å². The SMILES string of the molecule is CN(Cc1cccnc1)c1n[nH]c(=S)n1C. The third-order valence-electron chi connectivity index (χ3n) is 2.34. The van der Waals surface area contributed by atoms with E-state index in [0.29, 0.717) is 4.77 Å². The van der Waals surface area contributed by atoms with Crippen molar-refractivity contribution in [2.45, 2.75) is 6.54 Å². The summed E-state index contributed by atoms with van der Waals surface area (Å²) in [5.41, 5.74) is 1.14. The summed E-state index contributed by atoms with van der Waals surface area (Å²) in [6, 6.07) is 3.96. The number of nitrogens with zero attached hydrogens (tertiary/aromatic N) is 4. The highest BCUT2D eigenvalue weighted by atomic mass is 32.1. The van der Waals surface area contributed by atoms with Crippen molar-refractivity contribution < 1.29 is 0 Å². The van der Waals surface area contributed by atoms with Gasteiger partial charge in [-0.25, -0.2) is 5.10 Å². The first kappa shape index (κ1) is 10.8. The molecule has 2 rings (SSSR count). The largest absolute Gasteiger partial charge is 0.340 e. The molecule has 0 spiro atoms. The van der Waals surface area contributed by atoms with Gasteiger partial charge in [-0.1, -0.05) is 6.07 Å². The van der Waals surface area contributed by atoms with Crippen LogP contribution in [-0.2, 0) is 13.6 Å². The highest BCUT2D eigenvalue weighted by molar-refractivity contribution is 7.71. The lowest BCUT2D eigenvalue weighted by Crippen LogP contribution is -2.20. The van der Waals surface area contributed by atoms with Crippen molar-refractivity contribution in [2.24, 2.45) is 7.05 Å². The van der Waals surface area contributed by atoms with E-state index in [1.54, 1.807) is 6.20 Å². The average Bonchev–Trinajstić information content (AvgIpc) is 2.61. The minimum absolute atomic E-state index is 0.619. The first-order chi connectivity index (χ1) is 7.68. The van der Waals surface area contributed by atoms with Crippen LogP contribution in [0.1, 0.15) is 5.56 Å². The van der Waals surface area contributed by atoms with Gasteiger partial charge in [-0.05, 0) is 23.8 Å². The molecule has 0 amide bonds. The summed E-state index contributed by atoms with van der Waals surface area (Å²) in [6.45, 7) is 0.751. The zero-order valence-electron chi connectivity index (χ0n) is 9.21. The maximum Gasteiger partial charge on any atom is 0.225 e. The Kier molecular flexibility index (Phi) is 3.00. The summed E-state index contributed by atoms with van der Waals surface area (Å²) in [6.07, 6.45) is 3.61. The molecule has 16 heavy (non-hydrogen) atoms. The molecular formula is C10H13N5S. The summed E-state index contributed by atoms with van der Waals surface area (Å²) >= 11 is 5.06. The Morgan fingerprint density at radius 1 is 1.56 bits per heavy atom. The van der Waals surface area contributed by atoms with E-state index in [1.165, 1.54) is 0 Å². The monoisotopic (exact) mass is 235 g/mol. The average molecular weight is 235 g/mol. The fourth-order valence-electron chi connectivity index (χ4n) is 1.52. The van der Waals surface area contributed by atoms with Crippen LogP contribution in [0.4, 0.5) is 5.95 Å². The molecule has 0 aliphatic heterocycles. The maximum absolute atomic E-state index is 5.06. The Balaban J connectivity index is 2.18. The molecule has 0 radical (unpaired) electrons. The van der Waals surface area contributed by atoms with Crippen molar-refractivity contribution >= 4 is 18.2 Å². The van der Waals surface area contributed by atoms with Crippen molar-refractivity contribution in [3.8, 4) is 0 Å². The molecule has 0 bridgehead atoms. The number of aromatic amines is 1. The molecule has 0 fully saturated rings. The van der Waals surface area contributed by atoms with Gasteiger partial charge in [0.2, 0.25) is 5.95 Å². The van der Waals surface area contributed by atoms with E-state index in [0.717, 1.165) is 18.1 Å². The van der Waals surface area contributed by atoms with Crippen LogP contribution in [0, 0.1) is 4.77 Å². The van der Waals surface area contributed by atoms with Crippen LogP contribution >= 0.6 is 12.2 Å². The molecule has 0 aliphatic rings. The Morgan fingerprint density at radius 3 is 2.94 bits per heavy atom. The van der Waals surface area contributed by atoms with Gasteiger partial charge in [-0.3, -0.25) is 9.55 Å². The number of pyridine rings is 1. The molecule has 6 heteroatoms.